The highest BCUT2D eigenvalue weighted by atomic mass is 15.1. The van der Waals surface area contributed by atoms with Gasteiger partial charge in [0.05, 0.1) is 5.52 Å². The molecule has 76 heavy (non-hydrogen) atoms. The Hall–Kier alpha value is -7.30. The lowest BCUT2D eigenvalue weighted by atomic mass is 9.51. The number of nitrogens with zero attached hydrogens (tertiary/aromatic N) is 2. The van der Waals surface area contributed by atoms with Gasteiger partial charge in [0.2, 0.25) is 0 Å². The second-order valence-electron chi connectivity index (χ2n) is 25.8. The molecule has 1 aromatic heterocycles. The number of fused-ring (bicyclic) bond motifs is 6. The number of nitrogens with one attached hydrogen (secondary N) is 1. The minimum absolute atomic E-state index is 0.323. The second-order valence-corrected chi connectivity index (χ2v) is 25.8. The normalized spacial score (nSPS) is 30.7. The summed E-state index contributed by atoms with van der Waals surface area (Å²) in [6.07, 6.45) is 11.6. The quantitative estimate of drug-likeness (QED) is 0.145. The van der Waals surface area contributed by atoms with Gasteiger partial charge in [-0.2, -0.15) is 0 Å². The van der Waals surface area contributed by atoms with Crippen LogP contribution in [0.2, 0.25) is 0 Å². The van der Waals surface area contributed by atoms with E-state index >= 15 is 0 Å². The molecule has 8 aliphatic carbocycles. The van der Waals surface area contributed by atoms with Crippen molar-refractivity contribution in [1.82, 2.24) is 4.57 Å². The largest absolute Gasteiger partial charge is 0.355 e. The molecule has 9 aromatic carbocycles. The van der Waals surface area contributed by atoms with Crippen LogP contribution in [-0.2, 0) is 10.8 Å². The molecule has 12 atom stereocenters. The molecular weight excluding hydrogens is 918 g/mol. The third-order valence-electron chi connectivity index (χ3n) is 22.7. The zero-order valence-corrected chi connectivity index (χ0v) is 42.9. The molecule has 2 heterocycles. The molecule has 1 aliphatic heterocycles. The number of benzene rings is 9. The minimum atomic E-state index is 0.323. The SMILES string of the molecule is [B]1c2c(-c3cc4ccccc4cc3Nc3ccc(-c4ccccc4)cc3)cc(N(c3ccccc3)c3ccccc3)cc2-n2c3ccc(C45CC6CC7CC(C4)C5C76)cc3c3cc(C45CC6CC7CC(C4)C5C76)cc1c32. The highest BCUT2D eigenvalue weighted by molar-refractivity contribution is 6.73. The molecule has 0 saturated heterocycles. The Kier molecular flexibility index (Phi) is 8.15. The molecule has 12 unspecified atom stereocenters. The fourth-order valence-corrected chi connectivity index (χ4v) is 20.1. The molecule has 3 nitrogen and oxygen atoms in total. The maximum atomic E-state index is 4.04. The summed E-state index contributed by atoms with van der Waals surface area (Å²) in [6, 6.07) is 74.1. The van der Waals surface area contributed by atoms with Crippen LogP contribution in [0, 0.1) is 59.2 Å². The number of hydrogen-bond donors (Lipinski definition) is 1. The number of para-hydroxylation sites is 2. The zero-order chi connectivity index (χ0) is 49.2. The Labute approximate surface area is 446 Å². The molecular formula is C72H59BN3. The summed E-state index contributed by atoms with van der Waals surface area (Å²) >= 11 is 0. The summed E-state index contributed by atoms with van der Waals surface area (Å²) in [6.45, 7) is 0. The summed E-state index contributed by atoms with van der Waals surface area (Å²) in [5.41, 5.74) is 21.2. The highest BCUT2D eigenvalue weighted by Gasteiger charge is 2.74. The number of aromatic nitrogens is 1. The molecule has 365 valence electrons. The maximum absolute atomic E-state index is 4.04. The van der Waals surface area contributed by atoms with Crippen molar-refractivity contribution in [3.05, 3.63) is 205 Å². The van der Waals surface area contributed by atoms with Gasteiger partial charge in [-0.25, -0.2) is 0 Å². The fraction of sp³-hybridized carbons (Fsp3) is 0.278. The molecule has 1 N–H and O–H groups in total. The topological polar surface area (TPSA) is 20.2 Å². The van der Waals surface area contributed by atoms with Gasteiger partial charge < -0.3 is 14.8 Å². The van der Waals surface area contributed by atoms with Crippen LogP contribution in [0.25, 0.3) is 60.5 Å². The number of hydrogen-bond acceptors (Lipinski definition) is 2. The zero-order valence-electron chi connectivity index (χ0n) is 42.9. The van der Waals surface area contributed by atoms with Gasteiger partial charge >= 0.3 is 0 Å². The molecule has 19 rings (SSSR count). The third kappa shape index (κ3) is 5.41. The van der Waals surface area contributed by atoms with Crippen molar-refractivity contribution in [3.8, 4) is 27.9 Å². The number of rotatable bonds is 9. The first-order valence-corrected chi connectivity index (χ1v) is 29.1. The summed E-state index contributed by atoms with van der Waals surface area (Å²) in [5, 5.41) is 9.46. The Morgan fingerprint density at radius 1 is 0.461 bits per heavy atom. The van der Waals surface area contributed by atoms with Crippen molar-refractivity contribution in [1.29, 1.82) is 0 Å². The van der Waals surface area contributed by atoms with E-state index in [1.165, 1.54) is 123 Å². The molecule has 0 bridgehead atoms. The van der Waals surface area contributed by atoms with Crippen molar-refractivity contribution in [2.75, 3.05) is 10.2 Å². The highest BCUT2D eigenvalue weighted by Crippen LogP contribution is 2.79. The lowest BCUT2D eigenvalue weighted by molar-refractivity contribution is 0.0684. The van der Waals surface area contributed by atoms with Crippen molar-refractivity contribution in [3.63, 3.8) is 0 Å². The van der Waals surface area contributed by atoms with Gasteiger partial charge in [-0.3, -0.25) is 0 Å². The standard InChI is InChI=1S/C72H59BN3/c1-4-12-41(13-5-1)42-20-23-53(24-21-42)74-62-31-44-15-11-10-14-43(44)30-57(62)59-35-56(75(54-16-6-2-7-17-54)55-18-8-3-9-19-55)36-64-69(59)73-61-34-52(72-38-48-27-46-29-50(40-72)68(72)66(46)48)33-60-58-32-51(22-25-63(58)76(64)70(60)61)71-37-47-26-45-28-49(39-71)67(71)65(45)47/h1-25,30-36,45-50,65-68,74H,26-29,37-40H2. The minimum Gasteiger partial charge on any atom is -0.355 e. The Bertz CT molecular complexity index is 4070. The van der Waals surface area contributed by atoms with Crippen LogP contribution < -0.4 is 21.1 Å². The Balaban J connectivity index is 0.865. The van der Waals surface area contributed by atoms with Crippen LogP contribution >= 0.6 is 0 Å². The van der Waals surface area contributed by atoms with E-state index in [2.05, 4.69) is 216 Å². The third-order valence-corrected chi connectivity index (χ3v) is 22.7. The van der Waals surface area contributed by atoms with E-state index < -0.39 is 0 Å². The molecule has 9 aliphatic rings. The van der Waals surface area contributed by atoms with E-state index in [0.717, 1.165) is 87.6 Å². The average Bonchev–Trinajstić information content (AvgIpc) is 4.17. The average molecular weight is 977 g/mol. The first-order valence-electron chi connectivity index (χ1n) is 29.1. The monoisotopic (exact) mass is 976 g/mol. The Morgan fingerprint density at radius 2 is 1.04 bits per heavy atom. The summed E-state index contributed by atoms with van der Waals surface area (Å²) in [7, 11) is 2.64. The lowest BCUT2D eigenvalue weighted by Crippen LogP contribution is -2.48. The Morgan fingerprint density at radius 3 is 1.72 bits per heavy atom. The van der Waals surface area contributed by atoms with Crippen LogP contribution in [-0.4, -0.2) is 11.8 Å². The van der Waals surface area contributed by atoms with Crippen LogP contribution in [0.1, 0.15) is 62.5 Å². The van der Waals surface area contributed by atoms with Gasteiger partial charge in [-0.15, -0.1) is 0 Å². The van der Waals surface area contributed by atoms with Gasteiger partial charge in [0.15, 0.2) is 7.28 Å². The van der Waals surface area contributed by atoms with Gasteiger partial charge in [0, 0.05) is 56.0 Å². The molecule has 8 fully saturated rings. The van der Waals surface area contributed by atoms with Crippen molar-refractivity contribution in [2.45, 2.75) is 62.2 Å². The summed E-state index contributed by atoms with van der Waals surface area (Å²) in [4.78, 5) is 2.48. The van der Waals surface area contributed by atoms with Gasteiger partial charge in [-0.1, -0.05) is 121 Å². The smallest absolute Gasteiger partial charge is 0.197 e. The molecule has 8 saturated carbocycles. The van der Waals surface area contributed by atoms with E-state index in [1.807, 2.05) is 0 Å². The van der Waals surface area contributed by atoms with E-state index in [1.54, 1.807) is 11.1 Å². The van der Waals surface area contributed by atoms with Crippen LogP contribution in [0.4, 0.5) is 28.4 Å². The number of anilines is 5. The van der Waals surface area contributed by atoms with Crippen LogP contribution in [0.5, 0.6) is 0 Å². The van der Waals surface area contributed by atoms with E-state index in [0.29, 0.717) is 10.8 Å². The molecule has 0 spiro atoms. The van der Waals surface area contributed by atoms with Gasteiger partial charge in [0.1, 0.15) is 0 Å². The van der Waals surface area contributed by atoms with Crippen molar-refractivity contribution in [2.24, 2.45) is 59.2 Å². The first kappa shape index (κ1) is 41.9. The van der Waals surface area contributed by atoms with Gasteiger partial charge in [0.25, 0.3) is 0 Å². The van der Waals surface area contributed by atoms with Gasteiger partial charge in [-0.05, 0) is 244 Å². The van der Waals surface area contributed by atoms with Crippen LogP contribution in [0.15, 0.2) is 194 Å². The fourth-order valence-electron chi connectivity index (χ4n) is 20.1. The van der Waals surface area contributed by atoms with Crippen molar-refractivity contribution < 1.29 is 0 Å². The second kappa shape index (κ2) is 14.8. The summed E-state index contributed by atoms with van der Waals surface area (Å²) in [5.74, 6) is 9.53. The summed E-state index contributed by atoms with van der Waals surface area (Å²) < 4.78 is 2.73. The molecule has 4 heteroatoms. The van der Waals surface area contributed by atoms with Crippen molar-refractivity contribution >= 4 is 79.2 Å². The predicted molar refractivity (Wildman–Crippen MR) is 314 cm³/mol. The maximum Gasteiger partial charge on any atom is 0.197 e. The van der Waals surface area contributed by atoms with Crippen LogP contribution in [0.3, 0.4) is 0 Å². The molecule has 10 aromatic rings. The molecule has 1 radical (unpaired) electrons. The predicted octanol–water partition coefficient (Wildman–Crippen LogP) is 16.3. The lowest BCUT2D eigenvalue weighted by Gasteiger charge is -2.51. The molecule has 0 amide bonds. The first-order chi connectivity index (χ1) is 37.5. The van der Waals surface area contributed by atoms with E-state index in [9.17, 15) is 0 Å². The van der Waals surface area contributed by atoms with E-state index in [-0.39, 0.29) is 0 Å². The van der Waals surface area contributed by atoms with E-state index in [4.69, 9.17) is 0 Å².